The van der Waals surface area contributed by atoms with Gasteiger partial charge >= 0.3 is 0 Å². The average molecular weight is 449 g/mol. The van der Waals surface area contributed by atoms with Gasteiger partial charge in [0.05, 0.1) is 22.7 Å². The number of halogens is 1. The number of nitrogens with zero attached hydrogens (tertiary/aromatic N) is 5. The zero-order chi connectivity index (χ0) is 23.1. The number of nitrogens with one attached hydrogen (secondary N) is 2. The summed E-state index contributed by atoms with van der Waals surface area (Å²) in [5, 5.41) is 12.0. The van der Waals surface area contributed by atoms with E-state index in [0.717, 1.165) is 17.7 Å². The van der Waals surface area contributed by atoms with E-state index in [4.69, 9.17) is 4.84 Å². The van der Waals surface area contributed by atoms with Crippen LogP contribution >= 0.6 is 0 Å². The Morgan fingerprint density at radius 1 is 1.21 bits per heavy atom. The molecule has 2 unspecified atom stereocenters. The Morgan fingerprint density at radius 2 is 2.00 bits per heavy atom. The number of hydrogen-bond donors (Lipinski definition) is 2. The molecule has 9 nitrogen and oxygen atoms in total. The lowest BCUT2D eigenvalue weighted by Crippen LogP contribution is -2.23. The highest BCUT2D eigenvalue weighted by molar-refractivity contribution is 5.95. The number of anilines is 1. The second-order valence-electron chi connectivity index (χ2n) is 8.35. The fraction of sp³-hybridized carbons (Fsp3) is 0.304. The summed E-state index contributed by atoms with van der Waals surface area (Å²) >= 11 is 0. The van der Waals surface area contributed by atoms with Crippen molar-refractivity contribution in [1.82, 2.24) is 29.9 Å². The Morgan fingerprint density at radius 3 is 2.73 bits per heavy atom. The second kappa shape index (κ2) is 8.38. The molecule has 0 fully saturated rings. The summed E-state index contributed by atoms with van der Waals surface area (Å²) in [4.78, 5) is 25.3. The van der Waals surface area contributed by atoms with E-state index < -0.39 is 23.4 Å². The smallest absolute Gasteiger partial charge is 0.272 e. The van der Waals surface area contributed by atoms with Crippen LogP contribution in [0.3, 0.4) is 0 Å². The van der Waals surface area contributed by atoms with Crippen LogP contribution in [0.1, 0.15) is 41.6 Å². The molecule has 0 spiro atoms. The predicted molar refractivity (Wildman–Crippen MR) is 121 cm³/mol. The highest BCUT2D eigenvalue weighted by atomic mass is 19.1. The van der Waals surface area contributed by atoms with E-state index in [1.165, 1.54) is 18.5 Å². The molecule has 1 aliphatic rings. The number of H-pyrrole nitrogens is 1. The number of rotatable bonds is 5. The minimum Gasteiger partial charge on any atom is -0.305 e. The van der Waals surface area contributed by atoms with Gasteiger partial charge in [-0.15, -0.1) is 0 Å². The molecule has 0 aliphatic carbocycles. The van der Waals surface area contributed by atoms with Crippen LogP contribution < -0.4 is 11.0 Å². The molecule has 3 heterocycles. The van der Waals surface area contributed by atoms with Gasteiger partial charge in [-0.1, -0.05) is 24.3 Å². The van der Waals surface area contributed by atoms with E-state index >= 15 is 0 Å². The quantitative estimate of drug-likeness (QED) is 0.483. The van der Waals surface area contributed by atoms with Crippen molar-refractivity contribution in [3.8, 4) is 0 Å². The second-order valence-corrected chi connectivity index (χ2v) is 8.35. The van der Waals surface area contributed by atoms with Crippen molar-refractivity contribution in [2.45, 2.75) is 32.0 Å². The molecule has 0 saturated heterocycles. The van der Waals surface area contributed by atoms with Gasteiger partial charge in [0.1, 0.15) is 24.1 Å². The van der Waals surface area contributed by atoms with Crippen molar-refractivity contribution >= 4 is 16.5 Å². The van der Waals surface area contributed by atoms with Crippen LogP contribution in [0.25, 0.3) is 10.8 Å². The summed E-state index contributed by atoms with van der Waals surface area (Å²) in [7, 11) is 4.03. The van der Waals surface area contributed by atoms with Crippen LogP contribution in [0.15, 0.2) is 47.5 Å². The predicted octanol–water partition coefficient (Wildman–Crippen LogP) is 2.97. The highest BCUT2D eigenvalue weighted by Crippen LogP contribution is 2.44. The fourth-order valence-corrected chi connectivity index (χ4v) is 4.39. The maximum Gasteiger partial charge on any atom is 0.272 e. The molecule has 170 valence electrons. The molecular formula is C23H24FN7O2. The molecule has 10 heteroatoms. The van der Waals surface area contributed by atoms with Gasteiger partial charge in [0.2, 0.25) is 0 Å². The number of aryl methyl sites for hydroxylation is 1. The lowest BCUT2D eigenvalue weighted by atomic mass is 9.89. The van der Waals surface area contributed by atoms with Gasteiger partial charge in [0.15, 0.2) is 0 Å². The van der Waals surface area contributed by atoms with Crippen LogP contribution in [0, 0.1) is 5.82 Å². The topological polar surface area (TPSA) is 101 Å². The summed E-state index contributed by atoms with van der Waals surface area (Å²) in [5.41, 5.74) is 5.34. The minimum absolute atomic E-state index is 0.195. The summed E-state index contributed by atoms with van der Waals surface area (Å²) in [6.45, 7) is 3.37. The molecule has 2 aromatic carbocycles. The van der Waals surface area contributed by atoms with Gasteiger partial charge in [0, 0.05) is 18.5 Å². The van der Waals surface area contributed by atoms with E-state index in [0.29, 0.717) is 29.1 Å². The van der Waals surface area contributed by atoms with E-state index in [-0.39, 0.29) is 5.39 Å². The molecule has 2 aromatic heterocycles. The van der Waals surface area contributed by atoms with Crippen molar-refractivity contribution < 1.29 is 9.23 Å². The van der Waals surface area contributed by atoms with Crippen molar-refractivity contribution in [3.05, 3.63) is 81.5 Å². The van der Waals surface area contributed by atoms with Crippen LogP contribution in [-0.2, 0) is 17.9 Å². The molecule has 2 N–H and O–H groups in total. The third-order valence-electron chi connectivity index (χ3n) is 5.81. The fourth-order valence-electron chi connectivity index (χ4n) is 4.39. The molecule has 0 radical (unpaired) electrons. The molecular weight excluding hydrogens is 425 g/mol. The van der Waals surface area contributed by atoms with Gasteiger partial charge in [-0.2, -0.15) is 10.2 Å². The minimum atomic E-state index is -0.565. The standard InChI is InChI=1S/C23H24FN7O2/c1-4-31-22(25-12-26-31)19-20-18-16(23(32)28-27-20)9-15(24)10-17(18)29-33-21(19)14-7-5-13(6-8-14)11-30(2)3/h5-10,12,19,21,29H,4,11H2,1-3H3,(H,28,32). The van der Waals surface area contributed by atoms with Gasteiger partial charge < -0.3 is 4.90 Å². The van der Waals surface area contributed by atoms with Crippen molar-refractivity contribution in [2.24, 2.45) is 0 Å². The van der Waals surface area contributed by atoms with E-state index in [9.17, 15) is 9.18 Å². The Bertz CT molecular complexity index is 1360. The molecule has 0 saturated carbocycles. The van der Waals surface area contributed by atoms with Crippen molar-refractivity contribution in [1.29, 1.82) is 0 Å². The van der Waals surface area contributed by atoms with E-state index in [1.54, 1.807) is 4.68 Å². The van der Waals surface area contributed by atoms with Gasteiger partial charge in [-0.3, -0.25) is 15.1 Å². The number of benzene rings is 2. The maximum atomic E-state index is 14.3. The zero-order valence-corrected chi connectivity index (χ0v) is 18.5. The summed E-state index contributed by atoms with van der Waals surface area (Å²) in [5.74, 6) is -0.415. The zero-order valence-electron chi connectivity index (χ0n) is 18.5. The molecule has 4 aromatic rings. The first-order valence-electron chi connectivity index (χ1n) is 10.7. The van der Waals surface area contributed by atoms with Gasteiger partial charge in [-0.25, -0.2) is 19.2 Å². The monoisotopic (exact) mass is 449 g/mol. The average Bonchev–Trinajstić information content (AvgIpc) is 3.20. The lowest BCUT2D eigenvalue weighted by molar-refractivity contribution is 0.0846. The molecule has 5 rings (SSSR count). The molecule has 2 atom stereocenters. The first kappa shape index (κ1) is 21.2. The number of aromatic nitrogens is 5. The van der Waals surface area contributed by atoms with Gasteiger partial charge in [-0.05, 0) is 44.3 Å². The number of hydrogen-bond acceptors (Lipinski definition) is 7. The Labute approximate surface area is 189 Å². The first-order valence-corrected chi connectivity index (χ1v) is 10.7. The molecule has 0 amide bonds. The Kier molecular flexibility index (Phi) is 5.39. The van der Waals surface area contributed by atoms with Crippen LogP contribution in [0.2, 0.25) is 0 Å². The van der Waals surface area contributed by atoms with Crippen LogP contribution in [0.5, 0.6) is 0 Å². The molecule has 0 bridgehead atoms. The van der Waals surface area contributed by atoms with E-state index in [2.05, 4.69) is 30.7 Å². The summed E-state index contributed by atoms with van der Waals surface area (Å²) < 4.78 is 16.1. The van der Waals surface area contributed by atoms with Crippen molar-refractivity contribution in [2.75, 3.05) is 19.6 Å². The van der Waals surface area contributed by atoms with E-state index in [1.807, 2.05) is 45.3 Å². The third-order valence-corrected chi connectivity index (χ3v) is 5.81. The van der Waals surface area contributed by atoms with Crippen LogP contribution in [-0.4, -0.2) is 44.0 Å². The number of aromatic amines is 1. The Hall–Kier alpha value is -3.63. The molecule has 33 heavy (non-hydrogen) atoms. The Balaban J connectivity index is 1.72. The third kappa shape index (κ3) is 3.77. The SMILES string of the molecule is CCn1ncnc1C1c2n[nH]c(=O)c3cc(F)cc(c23)NOC1c1ccc(CN(C)C)cc1. The summed E-state index contributed by atoms with van der Waals surface area (Å²) in [6.07, 6.45) is 0.924. The van der Waals surface area contributed by atoms with Crippen LogP contribution in [0.4, 0.5) is 10.1 Å². The lowest BCUT2D eigenvalue weighted by Gasteiger charge is -2.25. The molecule has 1 aliphatic heterocycles. The normalized spacial score (nSPS) is 17.8. The largest absolute Gasteiger partial charge is 0.305 e. The summed E-state index contributed by atoms with van der Waals surface area (Å²) in [6, 6.07) is 10.6. The highest BCUT2D eigenvalue weighted by Gasteiger charge is 2.37. The van der Waals surface area contributed by atoms with Gasteiger partial charge in [0.25, 0.3) is 5.56 Å². The first-order chi connectivity index (χ1) is 16.0. The van der Waals surface area contributed by atoms with Crippen molar-refractivity contribution in [3.63, 3.8) is 0 Å². The maximum absolute atomic E-state index is 14.3.